The van der Waals surface area contributed by atoms with Crippen molar-refractivity contribution in [1.29, 1.82) is 0 Å². The molecule has 2 heterocycles. The zero-order valence-electron chi connectivity index (χ0n) is 16.3. The summed E-state index contributed by atoms with van der Waals surface area (Å²) in [6.45, 7) is 3.72. The number of thiazole rings is 1. The van der Waals surface area contributed by atoms with E-state index in [1.807, 2.05) is 4.90 Å². The number of carbonyl (C=O) groups is 1. The molecule has 0 unspecified atom stereocenters. The van der Waals surface area contributed by atoms with Gasteiger partial charge >= 0.3 is 0 Å². The lowest BCUT2D eigenvalue weighted by atomic mass is 9.86. The second-order valence-corrected chi connectivity index (χ2v) is 9.14. The molecule has 2 fully saturated rings. The molecule has 0 spiro atoms. The number of ether oxygens (including phenoxy) is 1. The Balaban J connectivity index is 1.24. The molecule has 0 N–H and O–H groups in total. The molecule has 1 saturated carbocycles. The minimum absolute atomic E-state index is 0.174. The molecule has 0 atom stereocenters. The number of carbonyl (C=O) groups excluding carboxylic acids is 1. The minimum Gasteiger partial charge on any atom is -0.467 e. The van der Waals surface area contributed by atoms with Gasteiger partial charge in [0.15, 0.2) is 0 Å². The van der Waals surface area contributed by atoms with Crippen LogP contribution >= 0.6 is 11.3 Å². The van der Waals surface area contributed by atoms with Crippen LogP contribution in [0.1, 0.15) is 63.4 Å². The highest BCUT2D eigenvalue weighted by molar-refractivity contribution is 7.20. The number of hydrogen-bond acceptors (Lipinski definition) is 4. The van der Waals surface area contributed by atoms with Crippen LogP contribution in [0.25, 0.3) is 10.2 Å². The average Bonchev–Trinajstić information content (AvgIpc) is 3.11. The van der Waals surface area contributed by atoms with Crippen LogP contribution in [-0.4, -0.2) is 35.0 Å². The minimum atomic E-state index is 0.174. The first kappa shape index (κ1) is 18.7. The summed E-state index contributed by atoms with van der Waals surface area (Å²) < 4.78 is 7.33. The summed E-state index contributed by atoms with van der Waals surface area (Å²) in [5, 5.41) is 0.765. The molecule has 1 amide bonds. The lowest BCUT2D eigenvalue weighted by Crippen LogP contribution is -2.41. The molecule has 146 valence electrons. The van der Waals surface area contributed by atoms with Crippen LogP contribution in [0.5, 0.6) is 5.19 Å². The molecule has 4 nitrogen and oxygen atoms in total. The molecule has 1 aromatic heterocycles. The topological polar surface area (TPSA) is 42.4 Å². The fourth-order valence-electron chi connectivity index (χ4n) is 4.44. The fraction of sp³-hybridized carbons (Fsp3) is 0.636. The zero-order valence-corrected chi connectivity index (χ0v) is 17.1. The van der Waals surface area contributed by atoms with E-state index >= 15 is 0 Å². The number of fused-ring (bicyclic) bond motifs is 1. The number of hydrogen-bond donors (Lipinski definition) is 0. The number of aryl methyl sites for hydroxylation is 1. The van der Waals surface area contributed by atoms with Crippen molar-refractivity contribution in [3.8, 4) is 5.19 Å². The van der Waals surface area contributed by atoms with Gasteiger partial charge in [0, 0.05) is 32.4 Å². The SMILES string of the molecule is Cc1cccc2sc(OC3CCN(C(=O)CCC4CCCCC4)CC3)nc12. The molecule has 5 heteroatoms. The molecule has 0 bridgehead atoms. The van der Waals surface area contributed by atoms with Crippen LogP contribution in [0.2, 0.25) is 0 Å². The lowest BCUT2D eigenvalue weighted by Gasteiger charge is -2.32. The average molecular weight is 387 g/mol. The number of amides is 1. The van der Waals surface area contributed by atoms with E-state index in [0.29, 0.717) is 5.91 Å². The normalized spacial score (nSPS) is 19.5. The Bertz CT molecular complexity index is 774. The number of nitrogens with zero attached hydrogens (tertiary/aromatic N) is 2. The second kappa shape index (κ2) is 8.59. The number of para-hydroxylation sites is 1. The van der Waals surface area contributed by atoms with E-state index in [9.17, 15) is 4.79 Å². The fourth-order valence-corrected chi connectivity index (χ4v) is 5.40. The van der Waals surface area contributed by atoms with Gasteiger partial charge in [-0.05, 0) is 30.9 Å². The number of rotatable bonds is 5. The Kier molecular flexibility index (Phi) is 5.96. The van der Waals surface area contributed by atoms with Crippen molar-refractivity contribution in [1.82, 2.24) is 9.88 Å². The van der Waals surface area contributed by atoms with Gasteiger partial charge in [0.05, 0.1) is 10.2 Å². The Hall–Kier alpha value is -1.62. The monoisotopic (exact) mass is 386 g/mol. The van der Waals surface area contributed by atoms with Crippen LogP contribution in [0, 0.1) is 12.8 Å². The third-order valence-electron chi connectivity index (χ3n) is 6.15. The highest BCUT2D eigenvalue weighted by atomic mass is 32.1. The first-order valence-corrected chi connectivity index (χ1v) is 11.3. The molecule has 0 radical (unpaired) electrons. The standard InChI is InChI=1S/C22H30N2O2S/c1-16-6-5-9-19-21(16)23-22(27-19)26-18-12-14-24(15-13-18)20(25)11-10-17-7-3-2-4-8-17/h5-6,9,17-18H,2-4,7-8,10-15H2,1H3. The maximum atomic E-state index is 12.5. The van der Waals surface area contributed by atoms with Crippen LogP contribution in [0.15, 0.2) is 18.2 Å². The second-order valence-electron chi connectivity index (χ2n) is 8.14. The predicted octanol–water partition coefficient (Wildman–Crippen LogP) is 5.34. The van der Waals surface area contributed by atoms with Gasteiger partial charge in [-0.15, -0.1) is 0 Å². The van der Waals surface area contributed by atoms with Gasteiger partial charge in [0.1, 0.15) is 6.10 Å². The van der Waals surface area contributed by atoms with E-state index in [1.165, 1.54) is 42.4 Å². The third kappa shape index (κ3) is 4.63. The molecular formula is C22H30N2O2S. The van der Waals surface area contributed by atoms with Crippen LogP contribution < -0.4 is 4.74 Å². The molecular weight excluding hydrogens is 356 g/mol. The van der Waals surface area contributed by atoms with E-state index in [0.717, 1.165) is 55.4 Å². The van der Waals surface area contributed by atoms with Gasteiger partial charge in [-0.1, -0.05) is 55.6 Å². The third-order valence-corrected chi connectivity index (χ3v) is 7.07. The maximum Gasteiger partial charge on any atom is 0.274 e. The predicted molar refractivity (Wildman–Crippen MR) is 110 cm³/mol. The van der Waals surface area contributed by atoms with Crippen LogP contribution in [0.4, 0.5) is 0 Å². The summed E-state index contributed by atoms with van der Waals surface area (Å²) in [5.41, 5.74) is 2.24. The summed E-state index contributed by atoms with van der Waals surface area (Å²) in [4.78, 5) is 19.2. The molecule has 1 aliphatic heterocycles. The van der Waals surface area contributed by atoms with Crippen molar-refractivity contribution < 1.29 is 9.53 Å². The Morgan fingerprint density at radius 1 is 1.19 bits per heavy atom. The summed E-state index contributed by atoms with van der Waals surface area (Å²) in [7, 11) is 0. The molecule has 1 saturated heterocycles. The Morgan fingerprint density at radius 2 is 1.96 bits per heavy atom. The Labute approximate surface area is 165 Å². The van der Waals surface area contributed by atoms with Crippen molar-refractivity contribution >= 4 is 27.5 Å². The number of aromatic nitrogens is 1. The van der Waals surface area contributed by atoms with Crippen molar-refractivity contribution in [3.05, 3.63) is 23.8 Å². The van der Waals surface area contributed by atoms with Crippen LogP contribution in [0.3, 0.4) is 0 Å². The first-order chi connectivity index (χ1) is 13.2. The van der Waals surface area contributed by atoms with E-state index in [1.54, 1.807) is 11.3 Å². The molecule has 2 aliphatic rings. The van der Waals surface area contributed by atoms with Crippen LogP contribution in [-0.2, 0) is 4.79 Å². The van der Waals surface area contributed by atoms with Gasteiger partial charge in [-0.3, -0.25) is 4.79 Å². The summed E-state index contributed by atoms with van der Waals surface area (Å²) >= 11 is 1.62. The molecule has 1 aliphatic carbocycles. The maximum absolute atomic E-state index is 12.5. The van der Waals surface area contributed by atoms with E-state index in [2.05, 4.69) is 30.1 Å². The summed E-state index contributed by atoms with van der Waals surface area (Å²) in [5.74, 6) is 1.13. The van der Waals surface area contributed by atoms with E-state index in [-0.39, 0.29) is 6.10 Å². The quantitative estimate of drug-likeness (QED) is 0.697. The summed E-state index contributed by atoms with van der Waals surface area (Å²) in [6.07, 6.45) is 10.5. The molecule has 27 heavy (non-hydrogen) atoms. The molecule has 2 aromatic rings. The van der Waals surface area contributed by atoms with Crippen molar-refractivity contribution in [2.75, 3.05) is 13.1 Å². The molecule has 4 rings (SSSR count). The van der Waals surface area contributed by atoms with Gasteiger partial charge in [-0.2, -0.15) is 0 Å². The van der Waals surface area contributed by atoms with Crippen molar-refractivity contribution in [2.24, 2.45) is 5.92 Å². The number of benzene rings is 1. The van der Waals surface area contributed by atoms with Gasteiger partial charge in [-0.25, -0.2) is 4.98 Å². The van der Waals surface area contributed by atoms with Gasteiger partial charge < -0.3 is 9.64 Å². The van der Waals surface area contributed by atoms with E-state index < -0.39 is 0 Å². The van der Waals surface area contributed by atoms with E-state index in [4.69, 9.17) is 4.74 Å². The number of piperidine rings is 1. The summed E-state index contributed by atoms with van der Waals surface area (Å²) in [6, 6.07) is 6.25. The lowest BCUT2D eigenvalue weighted by molar-refractivity contribution is -0.133. The number of likely N-dealkylation sites (tertiary alicyclic amines) is 1. The van der Waals surface area contributed by atoms with Gasteiger partial charge in [0.2, 0.25) is 5.91 Å². The zero-order chi connectivity index (χ0) is 18.6. The first-order valence-electron chi connectivity index (χ1n) is 10.5. The van der Waals surface area contributed by atoms with Gasteiger partial charge in [0.25, 0.3) is 5.19 Å². The smallest absolute Gasteiger partial charge is 0.274 e. The van der Waals surface area contributed by atoms with Crippen molar-refractivity contribution in [3.63, 3.8) is 0 Å². The van der Waals surface area contributed by atoms with Crippen molar-refractivity contribution in [2.45, 2.75) is 70.8 Å². The molecule has 1 aromatic carbocycles. The highest BCUT2D eigenvalue weighted by Gasteiger charge is 2.25. The highest BCUT2D eigenvalue weighted by Crippen LogP contribution is 2.32. The Morgan fingerprint density at radius 3 is 2.70 bits per heavy atom. The largest absolute Gasteiger partial charge is 0.467 e.